The predicted molar refractivity (Wildman–Crippen MR) is 130 cm³/mol. The molecular formula is C28H28N2O2. The van der Waals surface area contributed by atoms with Crippen LogP contribution in [0.2, 0.25) is 0 Å². The van der Waals surface area contributed by atoms with E-state index >= 15 is 0 Å². The van der Waals surface area contributed by atoms with Gasteiger partial charge in [-0.3, -0.25) is 9.69 Å². The van der Waals surface area contributed by atoms with Crippen LogP contribution < -0.4 is 9.80 Å². The van der Waals surface area contributed by atoms with Crippen molar-refractivity contribution in [3.8, 4) is 0 Å². The first-order valence-electron chi connectivity index (χ1n) is 10.9. The van der Waals surface area contributed by atoms with Gasteiger partial charge in [0.05, 0.1) is 11.2 Å². The summed E-state index contributed by atoms with van der Waals surface area (Å²) < 4.78 is 0. The van der Waals surface area contributed by atoms with Gasteiger partial charge in [-0.05, 0) is 74.6 Å². The predicted octanol–water partition coefficient (Wildman–Crippen LogP) is 6.22. The van der Waals surface area contributed by atoms with Crippen LogP contribution in [0.15, 0.2) is 91.0 Å². The average molecular weight is 425 g/mol. The number of hydrogen-bond donors (Lipinski definition) is 0. The van der Waals surface area contributed by atoms with Crippen LogP contribution in [0, 0.1) is 13.8 Å². The molecule has 3 amide bonds. The minimum atomic E-state index is -0.849. The third-order valence-corrected chi connectivity index (χ3v) is 6.25. The molecular weight excluding hydrogens is 396 g/mol. The molecule has 1 atom stereocenters. The van der Waals surface area contributed by atoms with Gasteiger partial charge in [-0.2, -0.15) is 0 Å². The molecule has 1 heterocycles. The lowest BCUT2D eigenvalue weighted by Crippen LogP contribution is -2.65. The minimum absolute atomic E-state index is 0.347. The summed E-state index contributed by atoms with van der Waals surface area (Å²) in [6.07, 6.45) is 1.31. The second-order valence-electron chi connectivity index (χ2n) is 8.67. The summed E-state index contributed by atoms with van der Waals surface area (Å²) in [5, 5.41) is 0. The van der Waals surface area contributed by atoms with Gasteiger partial charge in [0.1, 0.15) is 0 Å². The Bertz CT molecular complexity index is 1180. The van der Waals surface area contributed by atoms with E-state index in [1.165, 1.54) is 4.90 Å². The summed E-state index contributed by atoms with van der Waals surface area (Å²) in [5.41, 5.74) is 4.07. The maximum atomic E-state index is 13.9. The van der Waals surface area contributed by atoms with E-state index in [-0.39, 0.29) is 11.9 Å². The Morgan fingerprint density at radius 2 is 1.41 bits per heavy atom. The molecule has 0 spiro atoms. The molecule has 4 rings (SSSR count). The van der Waals surface area contributed by atoms with Crippen LogP contribution >= 0.6 is 0 Å². The van der Waals surface area contributed by atoms with Crippen molar-refractivity contribution in [3.63, 3.8) is 0 Å². The highest BCUT2D eigenvalue weighted by molar-refractivity contribution is 6.28. The largest absolute Gasteiger partial charge is 0.336 e. The topological polar surface area (TPSA) is 40.6 Å². The summed E-state index contributed by atoms with van der Waals surface area (Å²) in [6.45, 7) is 10.1. The monoisotopic (exact) mass is 424 g/mol. The molecule has 0 bridgehead atoms. The summed E-state index contributed by atoms with van der Waals surface area (Å²) in [7, 11) is 0. The molecule has 32 heavy (non-hydrogen) atoms. The first-order chi connectivity index (χ1) is 15.3. The van der Waals surface area contributed by atoms with Gasteiger partial charge in [0.15, 0.2) is 0 Å². The molecule has 1 aliphatic rings. The summed E-state index contributed by atoms with van der Waals surface area (Å²) >= 11 is 0. The van der Waals surface area contributed by atoms with E-state index in [1.807, 2.05) is 81.4 Å². The van der Waals surface area contributed by atoms with Crippen molar-refractivity contribution in [3.05, 3.63) is 108 Å². The fourth-order valence-corrected chi connectivity index (χ4v) is 4.35. The van der Waals surface area contributed by atoms with Crippen molar-refractivity contribution in [2.45, 2.75) is 39.2 Å². The normalized spacial score (nSPS) is 18.9. The Morgan fingerprint density at radius 3 is 2.03 bits per heavy atom. The quantitative estimate of drug-likeness (QED) is 0.456. The molecule has 1 unspecified atom stereocenters. The molecule has 4 heteroatoms. The van der Waals surface area contributed by atoms with Crippen molar-refractivity contribution in [2.24, 2.45) is 0 Å². The molecule has 3 aromatic carbocycles. The molecule has 0 saturated carbocycles. The highest BCUT2D eigenvalue weighted by Gasteiger charge is 2.50. The van der Waals surface area contributed by atoms with Gasteiger partial charge in [-0.25, -0.2) is 9.69 Å². The second-order valence-corrected chi connectivity index (χ2v) is 8.67. The van der Waals surface area contributed by atoms with Gasteiger partial charge >= 0.3 is 6.03 Å². The number of carbonyl (C=O) groups is 2. The van der Waals surface area contributed by atoms with E-state index in [0.717, 1.165) is 28.8 Å². The van der Waals surface area contributed by atoms with E-state index in [2.05, 4.69) is 18.7 Å². The number of carbonyl (C=O) groups excluding carboxylic acids is 2. The van der Waals surface area contributed by atoms with Crippen molar-refractivity contribution in [1.82, 2.24) is 0 Å². The number of aryl methyl sites for hydroxylation is 3. The minimum Gasteiger partial charge on any atom is -0.284 e. The summed E-state index contributed by atoms with van der Waals surface area (Å²) in [6, 6.07) is 25.0. The highest BCUT2D eigenvalue weighted by Crippen LogP contribution is 2.40. The molecule has 162 valence electrons. The number of anilines is 2. The summed E-state index contributed by atoms with van der Waals surface area (Å²) in [5.74, 6) is -0.347. The zero-order chi connectivity index (χ0) is 22.9. The number of hydrogen-bond acceptors (Lipinski definition) is 2. The van der Waals surface area contributed by atoms with E-state index in [9.17, 15) is 9.59 Å². The zero-order valence-electron chi connectivity index (χ0n) is 18.8. The Balaban J connectivity index is 1.80. The van der Waals surface area contributed by atoms with Crippen molar-refractivity contribution >= 4 is 23.3 Å². The van der Waals surface area contributed by atoms with Crippen molar-refractivity contribution < 1.29 is 9.59 Å². The van der Waals surface area contributed by atoms with Crippen LogP contribution in [-0.2, 0) is 11.2 Å². The van der Waals surface area contributed by atoms with Crippen molar-refractivity contribution in [2.75, 3.05) is 9.80 Å². The third kappa shape index (κ3) is 3.84. The zero-order valence-corrected chi connectivity index (χ0v) is 18.8. The Labute approximate surface area is 189 Å². The number of nitrogens with zero attached hydrogens (tertiary/aromatic N) is 2. The molecule has 1 fully saturated rings. The molecule has 0 aliphatic carbocycles. The third-order valence-electron chi connectivity index (χ3n) is 6.25. The standard InChI is InChI=1S/C28H28N2O2/c1-20-10-8-14-24(18-20)29-26(31)22(3)28(4,17-16-23-12-6-5-7-13-23)30(27(29)32)25-15-9-11-21(2)19-25/h5-15,18-19H,3,16-17H2,1-2,4H3. The smallest absolute Gasteiger partial charge is 0.284 e. The summed E-state index contributed by atoms with van der Waals surface area (Å²) in [4.78, 5) is 30.4. The Hall–Kier alpha value is -3.66. The lowest BCUT2D eigenvalue weighted by atomic mass is 9.81. The first kappa shape index (κ1) is 21.6. The first-order valence-corrected chi connectivity index (χ1v) is 10.9. The lowest BCUT2D eigenvalue weighted by Gasteiger charge is -2.48. The van der Waals surface area contributed by atoms with E-state index in [4.69, 9.17) is 0 Å². The van der Waals surface area contributed by atoms with Crippen LogP contribution in [0.5, 0.6) is 0 Å². The average Bonchev–Trinajstić information content (AvgIpc) is 2.77. The SMILES string of the molecule is C=C1C(=O)N(c2cccc(C)c2)C(=O)N(c2cccc(C)c2)C1(C)CCc1ccccc1. The van der Waals surface area contributed by atoms with Crippen LogP contribution in [0.4, 0.5) is 16.2 Å². The highest BCUT2D eigenvalue weighted by atomic mass is 16.2. The fraction of sp³-hybridized carbons (Fsp3) is 0.214. The maximum absolute atomic E-state index is 13.9. The molecule has 0 N–H and O–H groups in total. The van der Waals surface area contributed by atoms with Crippen LogP contribution in [0.1, 0.15) is 30.0 Å². The fourth-order valence-electron chi connectivity index (χ4n) is 4.35. The van der Waals surface area contributed by atoms with Crippen molar-refractivity contribution in [1.29, 1.82) is 0 Å². The van der Waals surface area contributed by atoms with E-state index in [0.29, 0.717) is 17.7 Å². The van der Waals surface area contributed by atoms with Gasteiger partial charge in [0, 0.05) is 11.3 Å². The molecule has 1 aliphatic heterocycles. The molecule has 3 aromatic rings. The number of benzene rings is 3. The number of amides is 3. The number of imide groups is 1. The molecule has 1 saturated heterocycles. The van der Waals surface area contributed by atoms with Gasteiger partial charge in [0.25, 0.3) is 5.91 Å². The molecule has 0 aromatic heterocycles. The van der Waals surface area contributed by atoms with Crippen LogP contribution in [0.3, 0.4) is 0 Å². The van der Waals surface area contributed by atoms with E-state index < -0.39 is 5.54 Å². The van der Waals surface area contributed by atoms with Gasteiger partial charge in [-0.1, -0.05) is 61.2 Å². The molecule has 0 radical (unpaired) electrons. The second kappa shape index (κ2) is 8.46. The van der Waals surface area contributed by atoms with Gasteiger partial charge < -0.3 is 0 Å². The maximum Gasteiger partial charge on any atom is 0.336 e. The lowest BCUT2D eigenvalue weighted by molar-refractivity contribution is -0.115. The van der Waals surface area contributed by atoms with Gasteiger partial charge in [0.2, 0.25) is 0 Å². The van der Waals surface area contributed by atoms with E-state index in [1.54, 1.807) is 11.0 Å². The Morgan fingerprint density at radius 1 is 0.812 bits per heavy atom. The Kier molecular flexibility index (Phi) is 5.70. The number of urea groups is 1. The van der Waals surface area contributed by atoms with Gasteiger partial charge in [-0.15, -0.1) is 0 Å². The van der Waals surface area contributed by atoms with Crippen LogP contribution in [0.25, 0.3) is 0 Å². The number of rotatable bonds is 5. The van der Waals surface area contributed by atoms with Crippen LogP contribution in [-0.4, -0.2) is 17.5 Å². The molecule has 4 nitrogen and oxygen atoms in total.